The highest BCUT2D eigenvalue weighted by atomic mass is 16.5. The molecule has 10 heavy (non-hydrogen) atoms. The summed E-state index contributed by atoms with van der Waals surface area (Å²) in [5, 5.41) is 0. The molecular weight excluding hydrogens is 128 g/mol. The molecule has 1 spiro atoms. The Balaban J connectivity index is 1.96. The Morgan fingerprint density at radius 3 is 2.50 bits per heavy atom. The van der Waals surface area contributed by atoms with E-state index in [0.717, 1.165) is 12.8 Å². The third-order valence-corrected chi connectivity index (χ3v) is 2.66. The SMILES string of the molecule is O=C1CCC2(CCC2)OC1. The van der Waals surface area contributed by atoms with E-state index in [-0.39, 0.29) is 11.4 Å². The van der Waals surface area contributed by atoms with Crippen LogP contribution in [-0.4, -0.2) is 18.0 Å². The summed E-state index contributed by atoms with van der Waals surface area (Å²) in [7, 11) is 0. The molecule has 2 heteroatoms. The monoisotopic (exact) mass is 140 g/mol. The third-order valence-electron chi connectivity index (χ3n) is 2.66. The van der Waals surface area contributed by atoms with Crippen LogP contribution in [0.15, 0.2) is 0 Å². The van der Waals surface area contributed by atoms with Crippen molar-refractivity contribution in [3.05, 3.63) is 0 Å². The van der Waals surface area contributed by atoms with Gasteiger partial charge in [0, 0.05) is 6.42 Å². The van der Waals surface area contributed by atoms with Gasteiger partial charge >= 0.3 is 0 Å². The van der Waals surface area contributed by atoms with Gasteiger partial charge in [0.1, 0.15) is 6.61 Å². The molecule has 0 amide bonds. The van der Waals surface area contributed by atoms with E-state index in [1.54, 1.807) is 0 Å². The van der Waals surface area contributed by atoms with Gasteiger partial charge < -0.3 is 4.74 Å². The third kappa shape index (κ3) is 0.870. The maximum atomic E-state index is 10.8. The Hall–Kier alpha value is -0.370. The molecule has 2 aliphatic rings. The maximum Gasteiger partial charge on any atom is 0.158 e. The highest BCUT2D eigenvalue weighted by Gasteiger charge is 2.40. The van der Waals surface area contributed by atoms with Crippen LogP contribution >= 0.6 is 0 Å². The molecular formula is C8H12O2. The van der Waals surface area contributed by atoms with Crippen LogP contribution in [0.2, 0.25) is 0 Å². The minimum Gasteiger partial charge on any atom is -0.367 e. The first-order chi connectivity index (χ1) is 4.81. The molecule has 1 saturated carbocycles. The largest absolute Gasteiger partial charge is 0.367 e. The van der Waals surface area contributed by atoms with Crippen LogP contribution in [0.4, 0.5) is 0 Å². The fourth-order valence-corrected chi connectivity index (χ4v) is 1.71. The molecule has 0 unspecified atom stereocenters. The Morgan fingerprint density at radius 2 is 2.10 bits per heavy atom. The van der Waals surface area contributed by atoms with E-state index in [2.05, 4.69) is 0 Å². The lowest BCUT2D eigenvalue weighted by molar-refractivity contribution is -0.156. The molecule has 0 aromatic heterocycles. The van der Waals surface area contributed by atoms with Crippen molar-refractivity contribution in [1.29, 1.82) is 0 Å². The van der Waals surface area contributed by atoms with Gasteiger partial charge in [0.25, 0.3) is 0 Å². The lowest BCUT2D eigenvalue weighted by Gasteiger charge is -2.43. The van der Waals surface area contributed by atoms with Crippen LogP contribution in [0, 0.1) is 0 Å². The average molecular weight is 140 g/mol. The fourth-order valence-electron chi connectivity index (χ4n) is 1.71. The second-order valence-corrected chi connectivity index (χ2v) is 3.36. The first-order valence-electron chi connectivity index (χ1n) is 3.96. The van der Waals surface area contributed by atoms with E-state index in [0.29, 0.717) is 6.61 Å². The lowest BCUT2D eigenvalue weighted by atomic mass is 9.75. The van der Waals surface area contributed by atoms with Gasteiger partial charge in [-0.05, 0) is 25.7 Å². The van der Waals surface area contributed by atoms with Gasteiger partial charge in [-0.15, -0.1) is 0 Å². The Morgan fingerprint density at radius 1 is 1.30 bits per heavy atom. The van der Waals surface area contributed by atoms with E-state index >= 15 is 0 Å². The second-order valence-electron chi connectivity index (χ2n) is 3.36. The predicted octanol–water partition coefficient (Wildman–Crippen LogP) is 1.29. The number of hydrogen-bond acceptors (Lipinski definition) is 2. The van der Waals surface area contributed by atoms with E-state index in [1.165, 1.54) is 19.3 Å². The van der Waals surface area contributed by atoms with Crippen molar-refractivity contribution in [3.8, 4) is 0 Å². The summed E-state index contributed by atoms with van der Waals surface area (Å²) in [5.41, 5.74) is 0.161. The highest BCUT2D eigenvalue weighted by molar-refractivity contribution is 5.80. The topological polar surface area (TPSA) is 26.3 Å². The Labute approximate surface area is 60.6 Å². The smallest absolute Gasteiger partial charge is 0.158 e. The minimum atomic E-state index is 0.161. The number of ketones is 1. The quantitative estimate of drug-likeness (QED) is 0.506. The van der Waals surface area contributed by atoms with Crippen molar-refractivity contribution < 1.29 is 9.53 Å². The summed E-state index contributed by atoms with van der Waals surface area (Å²) in [6.45, 7) is 0.375. The number of ether oxygens (including phenoxy) is 1. The summed E-state index contributed by atoms with van der Waals surface area (Å²) < 4.78 is 5.46. The van der Waals surface area contributed by atoms with Gasteiger partial charge in [-0.3, -0.25) is 4.79 Å². The molecule has 0 bridgehead atoms. The number of carbonyl (C=O) groups is 1. The van der Waals surface area contributed by atoms with Crippen LogP contribution in [0.3, 0.4) is 0 Å². The van der Waals surface area contributed by atoms with Gasteiger partial charge in [0.05, 0.1) is 5.60 Å². The normalized spacial score (nSPS) is 30.2. The molecule has 56 valence electrons. The van der Waals surface area contributed by atoms with Gasteiger partial charge in [-0.1, -0.05) is 0 Å². The molecule has 1 heterocycles. The first-order valence-corrected chi connectivity index (χ1v) is 3.96. The number of Topliss-reactive ketones (excluding diaryl/α,β-unsaturated/α-hetero) is 1. The first kappa shape index (κ1) is 6.35. The van der Waals surface area contributed by atoms with Crippen molar-refractivity contribution >= 4 is 5.78 Å². The van der Waals surface area contributed by atoms with Gasteiger partial charge in [-0.2, -0.15) is 0 Å². The summed E-state index contributed by atoms with van der Waals surface area (Å²) in [6.07, 6.45) is 5.38. The zero-order valence-corrected chi connectivity index (χ0v) is 6.06. The molecule has 1 saturated heterocycles. The number of rotatable bonds is 0. The minimum absolute atomic E-state index is 0.161. The van der Waals surface area contributed by atoms with E-state index in [1.807, 2.05) is 0 Å². The molecule has 0 aromatic carbocycles. The van der Waals surface area contributed by atoms with Crippen molar-refractivity contribution in [3.63, 3.8) is 0 Å². The zero-order chi connectivity index (χ0) is 7.03. The van der Waals surface area contributed by atoms with Crippen molar-refractivity contribution in [2.75, 3.05) is 6.61 Å². The molecule has 2 nitrogen and oxygen atoms in total. The lowest BCUT2D eigenvalue weighted by Crippen LogP contribution is -2.45. The van der Waals surface area contributed by atoms with Gasteiger partial charge in [-0.25, -0.2) is 0 Å². The van der Waals surface area contributed by atoms with E-state index in [4.69, 9.17) is 4.74 Å². The van der Waals surface area contributed by atoms with Crippen LogP contribution in [0.1, 0.15) is 32.1 Å². The highest BCUT2D eigenvalue weighted by Crippen LogP contribution is 2.41. The van der Waals surface area contributed by atoms with Crippen molar-refractivity contribution in [1.82, 2.24) is 0 Å². The summed E-state index contributed by atoms with van der Waals surface area (Å²) in [6, 6.07) is 0. The van der Waals surface area contributed by atoms with Crippen LogP contribution < -0.4 is 0 Å². The van der Waals surface area contributed by atoms with Crippen molar-refractivity contribution in [2.45, 2.75) is 37.7 Å². The molecule has 0 aromatic rings. The Bertz CT molecular complexity index is 147. The zero-order valence-electron chi connectivity index (χ0n) is 6.06. The predicted molar refractivity (Wildman–Crippen MR) is 36.8 cm³/mol. The van der Waals surface area contributed by atoms with Crippen LogP contribution in [-0.2, 0) is 9.53 Å². The molecule has 0 atom stereocenters. The molecule has 0 N–H and O–H groups in total. The maximum absolute atomic E-state index is 10.8. The van der Waals surface area contributed by atoms with E-state index in [9.17, 15) is 4.79 Å². The number of carbonyl (C=O) groups excluding carboxylic acids is 1. The molecule has 2 rings (SSSR count). The summed E-state index contributed by atoms with van der Waals surface area (Å²) in [4.78, 5) is 10.8. The summed E-state index contributed by atoms with van der Waals surface area (Å²) in [5.74, 6) is 0.275. The van der Waals surface area contributed by atoms with Crippen LogP contribution in [0.5, 0.6) is 0 Å². The van der Waals surface area contributed by atoms with Crippen LogP contribution in [0.25, 0.3) is 0 Å². The second kappa shape index (κ2) is 2.06. The molecule has 1 aliphatic carbocycles. The average Bonchev–Trinajstić information content (AvgIpc) is 1.86. The molecule has 0 radical (unpaired) electrons. The van der Waals surface area contributed by atoms with Gasteiger partial charge in [0.15, 0.2) is 5.78 Å². The number of hydrogen-bond donors (Lipinski definition) is 0. The van der Waals surface area contributed by atoms with Crippen molar-refractivity contribution in [2.24, 2.45) is 0 Å². The Kier molecular flexibility index (Phi) is 1.31. The molecule has 1 aliphatic heterocycles. The summed E-state index contributed by atoms with van der Waals surface area (Å²) >= 11 is 0. The fraction of sp³-hybridized carbons (Fsp3) is 0.875. The van der Waals surface area contributed by atoms with E-state index < -0.39 is 0 Å². The molecule has 2 fully saturated rings. The van der Waals surface area contributed by atoms with Gasteiger partial charge in [0.2, 0.25) is 0 Å². The standard InChI is InChI=1S/C8H12O2/c9-7-2-5-8(10-6-7)3-1-4-8/h1-6H2.